The second-order valence-corrected chi connectivity index (χ2v) is 11.5. The zero-order chi connectivity index (χ0) is 24.5. The number of ether oxygens (including phenoxy) is 2. The molecule has 0 spiro atoms. The zero-order valence-corrected chi connectivity index (χ0v) is 22.2. The fraction of sp³-hybridized carbons (Fsp3) is 0.923. The Morgan fingerprint density at radius 1 is 0.688 bits per heavy atom. The first-order valence-corrected chi connectivity index (χ1v) is 12.7. The molecule has 0 amide bonds. The van der Waals surface area contributed by atoms with Crippen molar-refractivity contribution in [3.05, 3.63) is 0 Å². The van der Waals surface area contributed by atoms with Crippen LogP contribution >= 0.6 is 0 Å². The van der Waals surface area contributed by atoms with Crippen LogP contribution in [0.5, 0.6) is 0 Å². The summed E-state index contributed by atoms with van der Waals surface area (Å²) in [4.78, 5) is 25.7. The summed E-state index contributed by atoms with van der Waals surface area (Å²) < 4.78 is 11.6. The fourth-order valence-electron chi connectivity index (χ4n) is 5.72. The summed E-state index contributed by atoms with van der Waals surface area (Å²) in [5.74, 6) is -1.53. The van der Waals surface area contributed by atoms with Gasteiger partial charge in [0.1, 0.15) is 12.2 Å². The van der Waals surface area contributed by atoms with Gasteiger partial charge in [-0.25, -0.2) is 9.59 Å². The lowest BCUT2D eigenvalue weighted by Gasteiger charge is -2.53. The number of piperidine rings is 2. The van der Waals surface area contributed by atoms with Gasteiger partial charge in [0.25, 0.3) is 0 Å². The summed E-state index contributed by atoms with van der Waals surface area (Å²) in [6.45, 7) is 21.5. The first-order valence-electron chi connectivity index (χ1n) is 12.7. The van der Waals surface area contributed by atoms with Crippen molar-refractivity contribution < 1.29 is 19.1 Å². The van der Waals surface area contributed by atoms with E-state index in [0.29, 0.717) is 12.8 Å². The van der Waals surface area contributed by atoms with E-state index >= 15 is 0 Å². The summed E-state index contributed by atoms with van der Waals surface area (Å²) in [6.07, 6.45) is 4.41. The molecule has 32 heavy (non-hydrogen) atoms. The number of carbonyl (C=O) groups is 2. The van der Waals surface area contributed by atoms with Gasteiger partial charge >= 0.3 is 11.9 Å². The average molecular weight is 453 g/mol. The third-order valence-corrected chi connectivity index (χ3v) is 9.32. The molecule has 2 aliphatic heterocycles. The molecule has 0 bridgehead atoms. The minimum Gasteiger partial charge on any atom is -0.454 e. The van der Waals surface area contributed by atoms with E-state index in [-0.39, 0.29) is 46.2 Å². The van der Waals surface area contributed by atoms with Gasteiger partial charge in [-0.15, -0.1) is 0 Å². The van der Waals surface area contributed by atoms with E-state index in [0.717, 1.165) is 25.7 Å². The fourth-order valence-corrected chi connectivity index (χ4v) is 5.72. The highest BCUT2D eigenvalue weighted by Crippen LogP contribution is 2.40. The number of rotatable bonds is 6. The van der Waals surface area contributed by atoms with Crippen molar-refractivity contribution >= 4 is 11.9 Å². The van der Waals surface area contributed by atoms with Crippen molar-refractivity contribution in [3.63, 3.8) is 0 Å². The first kappa shape index (κ1) is 27.1. The van der Waals surface area contributed by atoms with E-state index in [2.05, 4.69) is 79.9 Å². The summed E-state index contributed by atoms with van der Waals surface area (Å²) in [5.41, 5.74) is -0.594. The maximum atomic E-state index is 12.9. The summed E-state index contributed by atoms with van der Waals surface area (Å²) in [6, 6.07) is 0. The van der Waals surface area contributed by atoms with Crippen molar-refractivity contribution in [2.24, 2.45) is 11.8 Å². The quantitative estimate of drug-likeness (QED) is 0.448. The summed E-state index contributed by atoms with van der Waals surface area (Å²) in [7, 11) is 0. The van der Waals surface area contributed by atoms with E-state index in [4.69, 9.17) is 9.47 Å². The molecule has 2 heterocycles. The number of esters is 2. The number of nitrogens with one attached hydrogen (secondary N) is 2. The number of hydrogen-bond acceptors (Lipinski definition) is 6. The van der Waals surface area contributed by atoms with Crippen LogP contribution in [0.2, 0.25) is 0 Å². The van der Waals surface area contributed by atoms with Crippen LogP contribution in [-0.2, 0) is 19.1 Å². The van der Waals surface area contributed by atoms with Crippen molar-refractivity contribution in [1.82, 2.24) is 10.6 Å². The molecule has 6 nitrogen and oxygen atoms in total. The van der Waals surface area contributed by atoms with Gasteiger partial charge in [-0.1, -0.05) is 41.5 Å². The molecule has 2 N–H and O–H groups in total. The Kier molecular flexibility index (Phi) is 8.14. The number of hydrogen-bond donors (Lipinski definition) is 2. The van der Waals surface area contributed by atoms with Gasteiger partial charge in [0.15, 0.2) is 0 Å². The summed E-state index contributed by atoms with van der Waals surface area (Å²) in [5, 5.41) is 7.55. The van der Waals surface area contributed by atoms with Crippen LogP contribution in [0.25, 0.3) is 0 Å². The normalized spacial score (nSPS) is 44.7. The topological polar surface area (TPSA) is 76.7 Å². The van der Waals surface area contributed by atoms with Crippen molar-refractivity contribution in [2.75, 3.05) is 0 Å². The van der Waals surface area contributed by atoms with E-state index in [1.165, 1.54) is 0 Å². The van der Waals surface area contributed by atoms with Crippen molar-refractivity contribution in [1.29, 1.82) is 0 Å². The van der Waals surface area contributed by atoms with E-state index in [1.54, 1.807) is 0 Å². The molecular weight excluding hydrogens is 404 g/mol. The van der Waals surface area contributed by atoms with Gasteiger partial charge in [-0.2, -0.15) is 0 Å². The predicted octanol–water partition coefficient (Wildman–Crippen LogP) is 4.74. The lowest BCUT2D eigenvalue weighted by atomic mass is 9.70. The zero-order valence-electron chi connectivity index (χ0n) is 22.2. The van der Waals surface area contributed by atoms with Gasteiger partial charge < -0.3 is 20.1 Å². The number of carbonyl (C=O) groups excluding carboxylic acids is 2. The third-order valence-electron chi connectivity index (χ3n) is 9.32. The van der Waals surface area contributed by atoms with Crippen LogP contribution in [0.4, 0.5) is 0 Å². The van der Waals surface area contributed by atoms with Crippen molar-refractivity contribution in [3.8, 4) is 0 Å². The second-order valence-electron chi connectivity index (χ2n) is 11.5. The molecule has 0 radical (unpaired) electrons. The van der Waals surface area contributed by atoms with Crippen LogP contribution in [0.15, 0.2) is 0 Å². The van der Waals surface area contributed by atoms with Crippen LogP contribution in [0.1, 0.15) is 108 Å². The molecule has 0 saturated carbocycles. The highest BCUT2D eigenvalue weighted by atomic mass is 16.6. The third kappa shape index (κ3) is 5.32. The van der Waals surface area contributed by atoms with E-state index in [1.807, 2.05) is 0 Å². The maximum Gasteiger partial charge on any atom is 0.417 e. The van der Waals surface area contributed by atoms with Crippen molar-refractivity contribution in [2.45, 2.75) is 142 Å². The van der Waals surface area contributed by atoms with Gasteiger partial charge in [0, 0.05) is 46.8 Å². The van der Waals surface area contributed by atoms with Gasteiger partial charge in [0.05, 0.1) is 0 Å². The lowest BCUT2D eigenvalue weighted by Crippen LogP contribution is -2.67. The lowest BCUT2D eigenvalue weighted by molar-refractivity contribution is -0.184. The Balaban J connectivity index is 2.14. The Hall–Kier alpha value is -1.14. The maximum absolute atomic E-state index is 12.9. The molecule has 0 aliphatic carbocycles. The van der Waals surface area contributed by atoms with E-state index < -0.39 is 11.9 Å². The molecule has 2 fully saturated rings. The first-order chi connectivity index (χ1) is 14.7. The van der Waals surface area contributed by atoms with E-state index in [9.17, 15) is 9.59 Å². The van der Waals surface area contributed by atoms with Crippen LogP contribution in [0.3, 0.4) is 0 Å². The monoisotopic (exact) mass is 452 g/mol. The largest absolute Gasteiger partial charge is 0.454 e. The van der Waals surface area contributed by atoms with Crippen LogP contribution < -0.4 is 10.6 Å². The molecule has 8 atom stereocenters. The Labute approximate surface area is 196 Å². The average Bonchev–Trinajstić information content (AvgIpc) is 2.75. The molecule has 2 aliphatic rings. The molecular formula is C26H48N2O4. The van der Waals surface area contributed by atoms with Gasteiger partial charge in [0.2, 0.25) is 0 Å². The molecule has 186 valence electrons. The molecule has 0 aromatic carbocycles. The van der Waals surface area contributed by atoms with Gasteiger partial charge in [-0.3, -0.25) is 0 Å². The Bertz CT molecular complexity index is 641. The molecule has 2 saturated heterocycles. The molecule has 0 aromatic rings. The highest BCUT2D eigenvalue weighted by molar-refractivity contribution is 6.29. The predicted molar refractivity (Wildman–Crippen MR) is 128 cm³/mol. The molecule has 2 rings (SSSR count). The summed E-state index contributed by atoms with van der Waals surface area (Å²) >= 11 is 0. The molecule has 0 aromatic heterocycles. The minimum absolute atomic E-state index is 0.0912. The minimum atomic E-state index is -0.859. The standard InChI is InChI=1S/C26H48N2O4/c1-11-23(7)15-19(17(5)25(9,13-3)27-23)31-21(29)22(30)32-20-16-24(8,12-2)28-26(10,14-4)18(20)6/h17-20,27-28H,11-16H2,1-10H3. The van der Waals surface area contributed by atoms with Crippen LogP contribution in [0, 0.1) is 11.8 Å². The van der Waals surface area contributed by atoms with Crippen LogP contribution in [-0.4, -0.2) is 46.3 Å². The smallest absolute Gasteiger partial charge is 0.417 e. The molecule has 6 heteroatoms. The molecule has 8 unspecified atom stereocenters. The Morgan fingerprint density at radius 2 is 1.00 bits per heavy atom. The SMILES string of the molecule is CCC1(C)CC(OC(=O)C(=O)OC2CC(C)(CC)NC(C)(CC)C2C)C(C)C(C)(CC)N1. The highest BCUT2D eigenvalue weighted by Gasteiger charge is 2.50. The van der Waals surface area contributed by atoms with Gasteiger partial charge in [-0.05, 0) is 53.4 Å². The Morgan fingerprint density at radius 3 is 1.25 bits per heavy atom. The second kappa shape index (κ2) is 9.61.